The number of methoxy groups -OCH3 is 1. The van der Waals surface area contributed by atoms with E-state index in [9.17, 15) is 9.90 Å². The molecule has 1 amide bonds. The molecule has 7 nitrogen and oxygen atoms in total. The molecule has 0 saturated carbocycles. The number of pyridine rings is 1. The average Bonchev–Trinajstić information content (AvgIpc) is 2.75. The van der Waals surface area contributed by atoms with Crippen LogP contribution in [0, 0.1) is 5.92 Å². The molecule has 3 atom stereocenters. The predicted molar refractivity (Wildman–Crippen MR) is 116 cm³/mol. The first-order chi connectivity index (χ1) is 14.3. The summed E-state index contributed by atoms with van der Waals surface area (Å²) in [7, 11) is 5.62. The van der Waals surface area contributed by atoms with Crippen molar-refractivity contribution in [3.8, 4) is 22.8 Å². The molecular weight excluding hydrogens is 382 g/mol. The van der Waals surface area contributed by atoms with Gasteiger partial charge < -0.3 is 24.4 Å². The quantitative estimate of drug-likeness (QED) is 0.785. The molecular formula is C23H31N3O4. The maximum atomic E-state index is 13.4. The number of hydrogen-bond acceptors (Lipinski definition) is 6. The molecule has 0 aliphatic carbocycles. The van der Waals surface area contributed by atoms with Gasteiger partial charge in [-0.05, 0) is 44.8 Å². The highest BCUT2D eigenvalue weighted by Gasteiger charge is 2.34. The lowest BCUT2D eigenvalue weighted by Gasteiger charge is -2.37. The van der Waals surface area contributed by atoms with Gasteiger partial charge in [-0.25, -0.2) is 4.98 Å². The van der Waals surface area contributed by atoms with Crippen molar-refractivity contribution in [2.24, 2.45) is 5.92 Å². The number of aromatic nitrogens is 1. The van der Waals surface area contributed by atoms with Gasteiger partial charge in [-0.1, -0.05) is 19.1 Å². The lowest BCUT2D eigenvalue weighted by molar-refractivity contribution is 0.0348. The Kier molecular flexibility index (Phi) is 6.95. The second-order valence-electron chi connectivity index (χ2n) is 8.19. The van der Waals surface area contributed by atoms with E-state index in [1.807, 2.05) is 51.4 Å². The number of nitrogens with zero attached hydrogens (tertiary/aromatic N) is 3. The second-order valence-corrected chi connectivity index (χ2v) is 8.19. The van der Waals surface area contributed by atoms with Crippen LogP contribution in [0.3, 0.4) is 0 Å². The number of ether oxygens (including phenoxy) is 2. The van der Waals surface area contributed by atoms with Crippen molar-refractivity contribution < 1.29 is 19.4 Å². The number of carbonyl (C=O) groups excluding carboxylic acids is 1. The van der Waals surface area contributed by atoms with Crippen molar-refractivity contribution in [2.75, 3.05) is 40.9 Å². The summed E-state index contributed by atoms with van der Waals surface area (Å²) in [6.45, 7) is 5.03. The third-order valence-electron chi connectivity index (χ3n) is 5.49. The minimum Gasteiger partial charge on any atom is -0.497 e. The van der Waals surface area contributed by atoms with Gasteiger partial charge in [-0.15, -0.1) is 0 Å². The van der Waals surface area contributed by atoms with E-state index in [0.29, 0.717) is 24.5 Å². The Morgan fingerprint density at radius 3 is 2.60 bits per heavy atom. The number of benzene rings is 1. The summed E-state index contributed by atoms with van der Waals surface area (Å²) in [5.41, 5.74) is 2.17. The number of amides is 1. The topological polar surface area (TPSA) is 75.1 Å². The zero-order valence-electron chi connectivity index (χ0n) is 18.3. The second kappa shape index (κ2) is 9.45. The monoisotopic (exact) mass is 413 g/mol. The van der Waals surface area contributed by atoms with Crippen molar-refractivity contribution in [1.82, 2.24) is 14.8 Å². The number of hydrogen-bond donors (Lipinski definition) is 1. The Hall–Kier alpha value is -2.64. The molecule has 1 aromatic carbocycles. The Morgan fingerprint density at radius 2 is 2.00 bits per heavy atom. The summed E-state index contributed by atoms with van der Waals surface area (Å²) in [4.78, 5) is 21.7. The minimum absolute atomic E-state index is 0.0848. The van der Waals surface area contributed by atoms with Crippen LogP contribution >= 0.6 is 0 Å². The SMILES string of the molecule is COc1ccc(-c2cnc3c(c2)C(=O)N([C@H](C)CO)C[C@H](C)[C@@H](CN(C)C)O3)cc1. The number of aliphatic hydroxyl groups is 1. The van der Waals surface area contributed by atoms with Crippen molar-refractivity contribution in [3.05, 3.63) is 42.1 Å². The van der Waals surface area contributed by atoms with Gasteiger partial charge in [-0.2, -0.15) is 0 Å². The summed E-state index contributed by atoms with van der Waals surface area (Å²) >= 11 is 0. The van der Waals surface area contributed by atoms with Crippen molar-refractivity contribution in [2.45, 2.75) is 26.0 Å². The summed E-state index contributed by atoms with van der Waals surface area (Å²) in [5, 5.41) is 9.73. The molecule has 30 heavy (non-hydrogen) atoms. The van der Waals surface area contributed by atoms with E-state index >= 15 is 0 Å². The van der Waals surface area contributed by atoms with Crippen LogP contribution in [0.2, 0.25) is 0 Å². The number of fused-ring (bicyclic) bond motifs is 1. The van der Waals surface area contributed by atoms with Crippen LogP contribution in [-0.4, -0.2) is 78.8 Å². The fourth-order valence-electron chi connectivity index (χ4n) is 3.62. The molecule has 1 aliphatic rings. The normalized spacial score (nSPS) is 20.2. The smallest absolute Gasteiger partial charge is 0.259 e. The molecule has 0 radical (unpaired) electrons. The van der Waals surface area contributed by atoms with Gasteiger partial charge >= 0.3 is 0 Å². The molecule has 0 spiro atoms. The van der Waals surface area contributed by atoms with Gasteiger partial charge in [0.15, 0.2) is 0 Å². The molecule has 2 aromatic rings. The Balaban J connectivity index is 2.04. The first-order valence-electron chi connectivity index (χ1n) is 10.2. The summed E-state index contributed by atoms with van der Waals surface area (Å²) in [6.07, 6.45) is 1.60. The molecule has 0 unspecified atom stereocenters. The van der Waals surface area contributed by atoms with Crippen LogP contribution in [0.4, 0.5) is 0 Å². The van der Waals surface area contributed by atoms with Gasteiger partial charge in [0.25, 0.3) is 5.91 Å². The highest BCUT2D eigenvalue weighted by atomic mass is 16.5. The van der Waals surface area contributed by atoms with Crippen LogP contribution in [0.15, 0.2) is 36.5 Å². The predicted octanol–water partition coefficient (Wildman–Crippen LogP) is 2.54. The van der Waals surface area contributed by atoms with Crippen molar-refractivity contribution in [3.63, 3.8) is 0 Å². The van der Waals surface area contributed by atoms with E-state index in [1.54, 1.807) is 18.2 Å². The lowest BCUT2D eigenvalue weighted by Crippen LogP contribution is -2.49. The molecule has 1 aromatic heterocycles. The third-order valence-corrected chi connectivity index (χ3v) is 5.49. The van der Waals surface area contributed by atoms with E-state index in [1.165, 1.54) is 0 Å². The molecule has 1 N–H and O–H groups in total. The maximum absolute atomic E-state index is 13.4. The molecule has 1 aliphatic heterocycles. The highest BCUT2D eigenvalue weighted by molar-refractivity contribution is 5.98. The largest absolute Gasteiger partial charge is 0.497 e. The molecule has 2 heterocycles. The van der Waals surface area contributed by atoms with Crippen LogP contribution in [0.1, 0.15) is 24.2 Å². The van der Waals surface area contributed by atoms with Crippen molar-refractivity contribution in [1.29, 1.82) is 0 Å². The number of likely N-dealkylation sites (N-methyl/N-ethyl adjacent to an activating group) is 1. The third kappa shape index (κ3) is 4.74. The highest BCUT2D eigenvalue weighted by Crippen LogP contribution is 2.30. The molecule has 162 valence electrons. The van der Waals surface area contributed by atoms with Crippen LogP contribution in [0.5, 0.6) is 11.6 Å². The van der Waals surface area contributed by atoms with E-state index < -0.39 is 0 Å². The molecule has 3 rings (SSSR count). The van der Waals surface area contributed by atoms with Gasteiger partial charge in [0.2, 0.25) is 5.88 Å². The fraction of sp³-hybridized carbons (Fsp3) is 0.478. The standard InChI is InChI=1S/C23H31N3O4/c1-15-12-26(16(2)14-27)23(28)20-10-18(17-6-8-19(29-5)9-7-17)11-24-22(20)30-21(15)13-25(3)4/h6-11,15-16,21,27H,12-14H2,1-5H3/t15-,16+,21+/m0/s1. The Bertz CT molecular complexity index is 869. The van der Waals surface area contributed by atoms with Gasteiger partial charge in [0, 0.05) is 30.8 Å². The Morgan fingerprint density at radius 1 is 1.30 bits per heavy atom. The maximum Gasteiger partial charge on any atom is 0.259 e. The fourth-order valence-corrected chi connectivity index (χ4v) is 3.62. The van der Waals surface area contributed by atoms with E-state index in [2.05, 4.69) is 16.8 Å². The zero-order chi connectivity index (χ0) is 21.8. The number of rotatable bonds is 6. The van der Waals surface area contributed by atoms with Gasteiger partial charge in [-0.3, -0.25) is 4.79 Å². The van der Waals surface area contributed by atoms with E-state index in [-0.39, 0.29) is 30.6 Å². The van der Waals surface area contributed by atoms with Crippen LogP contribution in [0.25, 0.3) is 11.1 Å². The molecule has 0 saturated heterocycles. The average molecular weight is 414 g/mol. The first kappa shape index (κ1) is 22.1. The number of aliphatic hydroxyl groups excluding tert-OH is 1. The lowest BCUT2D eigenvalue weighted by atomic mass is 9.99. The number of carbonyl (C=O) groups is 1. The van der Waals surface area contributed by atoms with Gasteiger partial charge in [0.05, 0.1) is 19.8 Å². The van der Waals surface area contributed by atoms with Crippen LogP contribution in [-0.2, 0) is 0 Å². The summed E-state index contributed by atoms with van der Waals surface area (Å²) in [6, 6.07) is 9.14. The van der Waals surface area contributed by atoms with E-state index in [0.717, 1.165) is 16.9 Å². The first-order valence-corrected chi connectivity index (χ1v) is 10.2. The summed E-state index contributed by atoms with van der Waals surface area (Å²) in [5.74, 6) is 1.01. The molecule has 7 heteroatoms. The Labute approximate surface area is 178 Å². The van der Waals surface area contributed by atoms with E-state index in [4.69, 9.17) is 9.47 Å². The minimum atomic E-state index is -0.296. The summed E-state index contributed by atoms with van der Waals surface area (Å²) < 4.78 is 11.5. The van der Waals surface area contributed by atoms with Gasteiger partial charge in [0.1, 0.15) is 17.4 Å². The zero-order valence-corrected chi connectivity index (χ0v) is 18.3. The molecule has 0 fully saturated rings. The molecule has 0 bridgehead atoms. The van der Waals surface area contributed by atoms with Crippen LogP contribution < -0.4 is 9.47 Å². The van der Waals surface area contributed by atoms with Crippen molar-refractivity contribution >= 4 is 5.91 Å².